The van der Waals surface area contributed by atoms with Crippen molar-refractivity contribution in [2.24, 2.45) is 11.8 Å². The molecule has 54 heavy (non-hydrogen) atoms. The fourth-order valence-corrected chi connectivity index (χ4v) is 8.30. The monoisotopic (exact) mass is 754 g/mol. The SMILES string of the molecule is COc1cc2nn([C@H]3CC[C@H](CN(C)CC4CCN(C(=O)c5ccc(Cl)c(N6CCC(=O)NC6=O)c5)CC4)CC3)cc2cc1NC(=O)c1cccc(C)n1. The molecule has 2 N–H and O–H groups in total. The lowest BCUT2D eigenvalue weighted by atomic mass is 9.85. The Kier molecular flexibility index (Phi) is 11.2. The van der Waals surface area contributed by atoms with Crippen molar-refractivity contribution in [1.29, 1.82) is 0 Å². The Hall–Kier alpha value is -5.01. The van der Waals surface area contributed by atoms with Gasteiger partial charge >= 0.3 is 6.03 Å². The summed E-state index contributed by atoms with van der Waals surface area (Å²) in [6.07, 6.45) is 8.50. The van der Waals surface area contributed by atoms with E-state index in [1.807, 2.05) is 36.1 Å². The summed E-state index contributed by atoms with van der Waals surface area (Å²) in [7, 11) is 3.80. The number of ether oxygens (including phenoxy) is 1. The van der Waals surface area contributed by atoms with Crippen molar-refractivity contribution < 1.29 is 23.9 Å². The van der Waals surface area contributed by atoms with Gasteiger partial charge in [-0.15, -0.1) is 0 Å². The summed E-state index contributed by atoms with van der Waals surface area (Å²) in [6, 6.07) is 14.0. The molecule has 4 heterocycles. The van der Waals surface area contributed by atoms with E-state index in [1.54, 1.807) is 31.4 Å². The highest BCUT2D eigenvalue weighted by molar-refractivity contribution is 6.34. The number of urea groups is 1. The van der Waals surface area contributed by atoms with E-state index >= 15 is 0 Å². The summed E-state index contributed by atoms with van der Waals surface area (Å²) in [5.41, 5.74) is 3.46. The average molecular weight is 755 g/mol. The Bertz CT molecular complexity index is 2050. The van der Waals surface area contributed by atoms with Gasteiger partial charge in [0, 0.05) is 68.1 Å². The molecular weight excluding hydrogens is 708 g/mol. The Morgan fingerprint density at radius 2 is 1.72 bits per heavy atom. The molecule has 2 aliphatic heterocycles. The van der Waals surface area contributed by atoms with Gasteiger partial charge in [0.25, 0.3) is 11.8 Å². The summed E-state index contributed by atoms with van der Waals surface area (Å²) in [4.78, 5) is 60.5. The molecule has 0 radical (unpaired) electrons. The lowest BCUT2D eigenvalue weighted by Crippen LogP contribution is -2.49. The second-order valence-corrected chi connectivity index (χ2v) is 15.3. The zero-order chi connectivity index (χ0) is 37.9. The highest BCUT2D eigenvalue weighted by atomic mass is 35.5. The molecule has 14 heteroatoms. The number of likely N-dealkylation sites (tertiary alicyclic amines) is 1. The van der Waals surface area contributed by atoms with E-state index in [-0.39, 0.29) is 30.7 Å². The molecule has 4 aromatic rings. The van der Waals surface area contributed by atoms with E-state index in [4.69, 9.17) is 21.4 Å². The number of nitrogens with zero attached hydrogens (tertiary/aromatic N) is 6. The van der Waals surface area contributed by atoms with Gasteiger partial charge in [0.15, 0.2) is 0 Å². The molecule has 13 nitrogen and oxygen atoms in total. The van der Waals surface area contributed by atoms with Crippen LogP contribution in [0.15, 0.2) is 54.7 Å². The van der Waals surface area contributed by atoms with Crippen LogP contribution in [0.1, 0.15) is 77.5 Å². The Morgan fingerprint density at radius 1 is 0.981 bits per heavy atom. The van der Waals surface area contributed by atoms with E-state index in [0.717, 1.165) is 68.2 Å². The predicted octanol–water partition coefficient (Wildman–Crippen LogP) is 6.32. The van der Waals surface area contributed by atoms with Gasteiger partial charge in [-0.25, -0.2) is 9.78 Å². The zero-order valence-corrected chi connectivity index (χ0v) is 31.8. The molecule has 2 saturated heterocycles. The molecule has 0 atom stereocenters. The van der Waals surface area contributed by atoms with Crippen LogP contribution in [0.4, 0.5) is 16.2 Å². The van der Waals surface area contributed by atoms with Crippen molar-refractivity contribution in [3.05, 3.63) is 76.7 Å². The Morgan fingerprint density at radius 3 is 2.43 bits per heavy atom. The minimum absolute atomic E-state index is 0.0722. The van der Waals surface area contributed by atoms with Gasteiger partial charge < -0.3 is 19.9 Å². The number of pyridine rings is 1. The smallest absolute Gasteiger partial charge is 0.328 e. The quantitative estimate of drug-likeness (QED) is 0.192. The molecule has 0 unspecified atom stereocenters. The lowest BCUT2D eigenvalue weighted by Gasteiger charge is -2.36. The van der Waals surface area contributed by atoms with Crippen LogP contribution in [-0.4, -0.2) is 95.2 Å². The number of aromatic nitrogens is 3. The number of hydrogen-bond donors (Lipinski definition) is 2. The van der Waals surface area contributed by atoms with Crippen LogP contribution in [0.25, 0.3) is 10.9 Å². The molecule has 2 aromatic carbocycles. The molecule has 5 amide bonds. The van der Waals surface area contributed by atoms with Crippen molar-refractivity contribution in [2.45, 2.75) is 57.9 Å². The van der Waals surface area contributed by atoms with Crippen molar-refractivity contribution in [3.8, 4) is 5.75 Å². The number of amides is 5. The molecule has 3 aliphatic rings. The Balaban J connectivity index is 0.876. The van der Waals surface area contributed by atoms with Gasteiger partial charge in [0.1, 0.15) is 11.4 Å². The molecule has 0 bridgehead atoms. The van der Waals surface area contributed by atoms with Gasteiger partial charge in [-0.1, -0.05) is 17.7 Å². The largest absolute Gasteiger partial charge is 0.494 e. The lowest BCUT2D eigenvalue weighted by molar-refractivity contribution is -0.120. The van der Waals surface area contributed by atoms with Crippen molar-refractivity contribution in [3.63, 3.8) is 0 Å². The molecular formula is C40H47ClN8O5. The minimum Gasteiger partial charge on any atom is -0.494 e. The van der Waals surface area contributed by atoms with Gasteiger partial charge in [-0.05, 0) is 101 Å². The van der Waals surface area contributed by atoms with Crippen molar-refractivity contribution in [1.82, 2.24) is 29.9 Å². The maximum atomic E-state index is 13.5. The molecule has 7 rings (SSSR count). The van der Waals surface area contributed by atoms with Crippen LogP contribution in [-0.2, 0) is 4.79 Å². The number of rotatable bonds is 10. The first-order valence-electron chi connectivity index (χ1n) is 18.7. The van der Waals surface area contributed by atoms with Crippen LogP contribution in [0, 0.1) is 18.8 Å². The highest BCUT2D eigenvalue weighted by Gasteiger charge is 2.30. The van der Waals surface area contributed by atoms with Gasteiger partial charge in [-0.3, -0.25) is 29.3 Å². The number of imide groups is 1. The number of piperidine rings is 1. The zero-order valence-electron chi connectivity index (χ0n) is 31.0. The fraction of sp³-hybridized carbons (Fsp3) is 0.450. The van der Waals surface area contributed by atoms with Crippen LogP contribution in [0.3, 0.4) is 0 Å². The Labute approximate surface area is 320 Å². The molecule has 1 saturated carbocycles. The van der Waals surface area contributed by atoms with Crippen molar-refractivity contribution in [2.75, 3.05) is 57.1 Å². The first kappa shape index (κ1) is 37.3. The van der Waals surface area contributed by atoms with E-state index in [9.17, 15) is 19.2 Å². The summed E-state index contributed by atoms with van der Waals surface area (Å²) in [6.45, 7) is 5.49. The number of anilines is 2. The molecule has 0 spiro atoms. The summed E-state index contributed by atoms with van der Waals surface area (Å²) in [5, 5.41) is 11.5. The number of carbonyl (C=O) groups excluding carboxylic acids is 4. The van der Waals surface area contributed by atoms with Crippen LogP contribution < -0.4 is 20.3 Å². The third-order valence-electron chi connectivity index (χ3n) is 11.0. The fourth-order valence-electron chi connectivity index (χ4n) is 8.08. The molecule has 3 fully saturated rings. The van der Waals surface area contributed by atoms with E-state index in [1.165, 1.54) is 4.90 Å². The normalized spacial score (nSPS) is 19.6. The summed E-state index contributed by atoms with van der Waals surface area (Å²) >= 11 is 6.40. The topological polar surface area (TPSA) is 142 Å². The maximum Gasteiger partial charge on any atom is 0.328 e. The third-order valence-corrected chi connectivity index (χ3v) is 11.3. The number of hydrogen-bond acceptors (Lipinski definition) is 8. The maximum absolute atomic E-state index is 13.5. The van der Waals surface area contributed by atoms with Crippen LogP contribution in [0.5, 0.6) is 5.75 Å². The summed E-state index contributed by atoms with van der Waals surface area (Å²) < 4.78 is 7.70. The first-order valence-corrected chi connectivity index (χ1v) is 19.1. The van der Waals surface area contributed by atoms with Gasteiger partial charge in [0.2, 0.25) is 5.91 Å². The number of aryl methyl sites for hydroxylation is 1. The second-order valence-electron chi connectivity index (χ2n) is 14.9. The van der Waals surface area contributed by atoms with E-state index in [2.05, 4.69) is 38.4 Å². The average Bonchev–Trinajstić information content (AvgIpc) is 3.58. The highest BCUT2D eigenvalue weighted by Crippen LogP contribution is 2.36. The van der Waals surface area contributed by atoms with E-state index < -0.39 is 6.03 Å². The molecule has 1 aliphatic carbocycles. The number of methoxy groups -OCH3 is 1. The minimum atomic E-state index is -0.528. The molecule has 284 valence electrons. The number of fused-ring (bicyclic) bond motifs is 1. The standard InChI is InChI=1S/C40H47ClN8O5/c1-25-5-4-6-32(42-25)38(51)43-34-19-29-24-49(45-33(29)21-36(34)54-3)30-10-7-26(8-11-30)22-46(2)23-27-13-16-47(17-14-27)39(52)28-9-12-31(41)35(20-28)48-18-15-37(50)44-40(48)53/h4-6,9,12,19-21,24,26-27,30H,7-8,10-11,13-18,22-23H2,1-3H3,(H,43,51)(H,44,50,53)/t26-,30-. The number of carbonyl (C=O) groups is 4. The number of nitrogens with one attached hydrogen (secondary N) is 2. The summed E-state index contributed by atoms with van der Waals surface area (Å²) in [5.74, 6) is 1.01. The predicted molar refractivity (Wildman–Crippen MR) is 207 cm³/mol. The van der Waals surface area contributed by atoms with Gasteiger partial charge in [-0.2, -0.15) is 5.10 Å². The second kappa shape index (κ2) is 16.2. The van der Waals surface area contributed by atoms with Crippen LogP contribution in [0.2, 0.25) is 5.02 Å². The third kappa shape index (κ3) is 8.37. The van der Waals surface area contributed by atoms with E-state index in [0.29, 0.717) is 64.4 Å². The van der Waals surface area contributed by atoms with Crippen molar-refractivity contribution >= 4 is 57.6 Å². The van der Waals surface area contributed by atoms with Crippen LogP contribution >= 0.6 is 11.6 Å². The van der Waals surface area contributed by atoms with Gasteiger partial charge in [0.05, 0.1) is 35.1 Å². The molecule has 2 aromatic heterocycles. The number of benzene rings is 2. The number of halogens is 1. The first-order chi connectivity index (χ1) is 26.0.